The maximum Gasteiger partial charge on any atom is 0.242 e. The van der Waals surface area contributed by atoms with Crippen molar-refractivity contribution in [2.75, 3.05) is 39.8 Å². The van der Waals surface area contributed by atoms with Crippen molar-refractivity contribution in [3.63, 3.8) is 0 Å². The third-order valence-electron chi connectivity index (χ3n) is 5.75. The first-order chi connectivity index (χ1) is 15.2. The third kappa shape index (κ3) is 7.81. The van der Waals surface area contributed by atoms with E-state index in [2.05, 4.69) is 20.5 Å². The van der Waals surface area contributed by atoms with E-state index in [1.54, 1.807) is 13.3 Å². The molecule has 0 aliphatic carbocycles. The fraction of sp³-hybridized carbons (Fsp3) is 0.500. The zero-order valence-corrected chi connectivity index (χ0v) is 21.5. The number of nitrogens with zero attached hydrogens (tertiary/aromatic N) is 3. The lowest BCUT2D eigenvalue weighted by atomic mass is 10.1. The zero-order valence-electron chi connectivity index (χ0n) is 19.1. The van der Waals surface area contributed by atoms with Crippen molar-refractivity contribution in [2.24, 2.45) is 4.99 Å². The molecule has 7 nitrogen and oxygen atoms in total. The lowest BCUT2D eigenvalue weighted by Crippen LogP contribution is -2.47. The van der Waals surface area contributed by atoms with E-state index in [1.165, 1.54) is 19.3 Å². The molecular formula is C24H36IN5O2. The third-order valence-corrected chi connectivity index (χ3v) is 5.75. The van der Waals surface area contributed by atoms with Gasteiger partial charge in [-0.1, -0.05) is 36.8 Å². The number of amides is 1. The van der Waals surface area contributed by atoms with Crippen LogP contribution in [-0.4, -0.2) is 61.4 Å². The maximum absolute atomic E-state index is 12.7. The molecule has 2 aromatic rings. The van der Waals surface area contributed by atoms with Crippen LogP contribution in [0.5, 0.6) is 0 Å². The summed E-state index contributed by atoms with van der Waals surface area (Å²) in [5.74, 6) is 1.63. The molecule has 1 amide bonds. The highest BCUT2D eigenvalue weighted by Crippen LogP contribution is 2.24. The largest absolute Gasteiger partial charge is 0.468 e. The summed E-state index contributed by atoms with van der Waals surface area (Å²) in [5, 5.41) is 6.56. The van der Waals surface area contributed by atoms with Crippen molar-refractivity contribution in [1.29, 1.82) is 0 Å². The molecule has 1 atom stereocenters. The Morgan fingerprint density at radius 1 is 1.12 bits per heavy atom. The highest BCUT2D eigenvalue weighted by atomic mass is 127. The van der Waals surface area contributed by atoms with Crippen LogP contribution in [0.3, 0.4) is 0 Å². The Balaban J connectivity index is 0.00000363. The molecule has 1 aromatic heterocycles. The number of guanidine groups is 1. The zero-order chi connectivity index (χ0) is 21.9. The molecule has 176 valence electrons. The number of likely N-dealkylation sites (tertiary alicyclic amines) is 1. The minimum absolute atomic E-state index is 0. The first-order valence-corrected chi connectivity index (χ1v) is 11.2. The van der Waals surface area contributed by atoms with Gasteiger partial charge in [-0.3, -0.25) is 14.7 Å². The number of hydrogen-bond acceptors (Lipinski definition) is 4. The van der Waals surface area contributed by atoms with Crippen LogP contribution in [0.25, 0.3) is 0 Å². The minimum Gasteiger partial charge on any atom is -0.468 e. The van der Waals surface area contributed by atoms with Gasteiger partial charge in [0.1, 0.15) is 5.76 Å². The molecule has 8 heteroatoms. The Kier molecular flexibility index (Phi) is 11.6. The van der Waals surface area contributed by atoms with Gasteiger partial charge in [-0.25, -0.2) is 0 Å². The van der Waals surface area contributed by atoms with Gasteiger partial charge in [0.2, 0.25) is 5.91 Å². The fourth-order valence-corrected chi connectivity index (χ4v) is 3.99. The van der Waals surface area contributed by atoms with E-state index in [0.29, 0.717) is 25.6 Å². The first-order valence-electron chi connectivity index (χ1n) is 11.2. The van der Waals surface area contributed by atoms with E-state index in [9.17, 15) is 4.79 Å². The fourth-order valence-electron chi connectivity index (χ4n) is 3.99. The van der Waals surface area contributed by atoms with Gasteiger partial charge in [-0.2, -0.15) is 0 Å². The molecule has 32 heavy (non-hydrogen) atoms. The predicted molar refractivity (Wildman–Crippen MR) is 139 cm³/mol. The Morgan fingerprint density at radius 2 is 1.88 bits per heavy atom. The van der Waals surface area contributed by atoms with Gasteiger partial charge in [0, 0.05) is 26.7 Å². The highest BCUT2D eigenvalue weighted by Gasteiger charge is 2.24. The second-order valence-electron chi connectivity index (χ2n) is 7.83. The number of aliphatic imine (C=N–C) groups is 1. The Morgan fingerprint density at radius 3 is 2.50 bits per heavy atom. The highest BCUT2D eigenvalue weighted by molar-refractivity contribution is 14.0. The van der Waals surface area contributed by atoms with Crippen LogP contribution in [0.2, 0.25) is 0 Å². The van der Waals surface area contributed by atoms with Crippen LogP contribution in [0.4, 0.5) is 0 Å². The molecule has 0 spiro atoms. The Hall–Kier alpha value is -2.07. The van der Waals surface area contributed by atoms with Crippen molar-refractivity contribution >= 4 is 35.8 Å². The molecule has 1 unspecified atom stereocenters. The molecule has 1 fully saturated rings. The molecule has 0 saturated carbocycles. The number of carbonyl (C=O) groups is 1. The number of nitrogens with one attached hydrogen (secondary N) is 2. The molecule has 1 aromatic carbocycles. The number of benzene rings is 1. The molecule has 0 radical (unpaired) electrons. The van der Waals surface area contributed by atoms with Crippen molar-refractivity contribution in [1.82, 2.24) is 20.4 Å². The molecule has 3 rings (SSSR count). The lowest BCUT2D eigenvalue weighted by molar-refractivity contribution is -0.130. The van der Waals surface area contributed by atoms with Gasteiger partial charge < -0.3 is 20.0 Å². The lowest BCUT2D eigenvalue weighted by Gasteiger charge is -2.33. The van der Waals surface area contributed by atoms with E-state index in [-0.39, 0.29) is 42.5 Å². The number of likely N-dealkylation sites (N-methyl/N-ethyl adjacent to an activating group) is 1. The topological polar surface area (TPSA) is 73.1 Å². The number of carbonyl (C=O) groups excluding carboxylic acids is 1. The second-order valence-corrected chi connectivity index (χ2v) is 7.83. The van der Waals surface area contributed by atoms with Crippen molar-refractivity contribution in [2.45, 2.75) is 38.8 Å². The molecule has 1 aliphatic rings. The number of piperidine rings is 1. The van der Waals surface area contributed by atoms with Gasteiger partial charge in [0.05, 0.1) is 18.8 Å². The number of halogens is 1. The number of furan rings is 1. The monoisotopic (exact) mass is 553 g/mol. The van der Waals surface area contributed by atoms with Crippen LogP contribution in [0.1, 0.15) is 43.6 Å². The number of hydrogen-bond donors (Lipinski definition) is 2. The first kappa shape index (κ1) is 26.2. The number of rotatable bonds is 9. The summed E-state index contributed by atoms with van der Waals surface area (Å²) in [4.78, 5) is 21.3. The van der Waals surface area contributed by atoms with E-state index < -0.39 is 0 Å². The van der Waals surface area contributed by atoms with E-state index >= 15 is 0 Å². The summed E-state index contributed by atoms with van der Waals surface area (Å²) in [6.07, 6.45) is 5.45. The smallest absolute Gasteiger partial charge is 0.242 e. The molecule has 1 saturated heterocycles. The normalized spacial score (nSPS) is 15.5. The molecule has 0 bridgehead atoms. The molecule has 1 aliphatic heterocycles. The van der Waals surface area contributed by atoms with Gasteiger partial charge in [0.25, 0.3) is 0 Å². The van der Waals surface area contributed by atoms with Gasteiger partial charge >= 0.3 is 0 Å². The molecule has 2 heterocycles. The van der Waals surface area contributed by atoms with Gasteiger partial charge in [-0.05, 0) is 50.6 Å². The summed E-state index contributed by atoms with van der Waals surface area (Å²) in [6.45, 7) is 6.29. The van der Waals surface area contributed by atoms with Crippen LogP contribution < -0.4 is 10.6 Å². The average Bonchev–Trinajstić information content (AvgIpc) is 3.35. The summed E-state index contributed by atoms with van der Waals surface area (Å²) in [5.41, 5.74) is 1.13. The second kappa shape index (κ2) is 14.2. The summed E-state index contributed by atoms with van der Waals surface area (Å²) in [6, 6.07) is 14.2. The SMILES string of the molecule is CCN(Cc1ccccc1)C(=O)CNC(=NC)NCC(c1ccco1)N1CCCCC1.I. The molecule has 2 N–H and O–H groups in total. The van der Waals surface area contributed by atoms with Crippen molar-refractivity contribution < 1.29 is 9.21 Å². The maximum atomic E-state index is 12.7. The predicted octanol–water partition coefficient (Wildman–Crippen LogP) is 3.64. The van der Waals surface area contributed by atoms with E-state index in [1.807, 2.05) is 54.3 Å². The van der Waals surface area contributed by atoms with Crippen molar-refractivity contribution in [3.8, 4) is 0 Å². The van der Waals surface area contributed by atoms with E-state index in [0.717, 1.165) is 24.4 Å². The van der Waals surface area contributed by atoms with Crippen LogP contribution in [0, 0.1) is 0 Å². The summed E-state index contributed by atoms with van der Waals surface area (Å²) in [7, 11) is 1.73. The Bertz CT molecular complexity index is 807. The van der Waals surface area contributed by atoms with Gasteiger partial charge in [0.15, 0.2) is 5.96 Å². The quantitative estimate of drug-likeness (QED) is 0.282. The van der Waals surface area contributed by atoms with E-state index in [4.69, 9.17) is 4.42 Å². The van der Waals surface area contributed by atoms with Crippen LogP contribution in [-0.2, 0) is 11.3 Å². The summed E-state index contributed by atoms with van der Waals surface area (Å²) >= 11 is 0. The molecular weight excluding hydrogens is 517 g/mol. The van der Waals surface area contributed by atoms with Gasteiger partial charge in [-0.15, -0.1) is 24.0 Å². The minimum atomic E-state index is 0. The average molecular weight is 553 g/mol. The standard InChI is InChI=1S/C24H35N5O2.HI/c1-3-28(19-20-11-6-4-7-12-20)23(30)18-27-24(25-2)26-17-21(22-13-10-16-31-22)29-14-8-5-9-15-29;/h4,6-7,10-13,16,21H,3,5,8-9,14-15,17-19H2,1-2H3,(H2,25,26,27);1H. The summed E-state index contributed by atoms with van der Waals surface area (Å²) < 4.78 is 5.71. The van der Waals surface area contributed by atoms with Crippen LogP contribution in [0.15, 0.2) is 58.1 Å². The van der Waals surface area contributed by atoms with Crippen LogP contribution >= 0.6 is 24.0 Å². The van der Waals surface area contributed by atoms with Crippen molar-refractivity contribution in [3.05, 3.63) is 60.1 Å². The Labute approximate surface area is 208 Å².